The summed E-state index contributed by atoms with van der Waals surface area (Å²) in [5.41, 5.74) is 2.07. The van der Waals surface area contributed by atoms with Crippen LogP contribution in [0.2, 0.25) is 0 Å². The van der Waals surface area contributed by atoms with E-state index in [0.29, 0.717) is 34.4 Å². The third kappa shape index (κ3) is 4.77. The summed E-state index contributed by atoms with van der Waals surface area (Å²) in [6.45, 7) is 0.540. The molecule has 0 radical (unpaired) electrons. The molecule has 0 fully saturated rings. The molecule has 0 aliphatic rings. The fourth-order valence-electron chi connectivity index (χ4n) is 4.22. The van der Waals surface area contributed by atoms with E-state index >= 15 is 0 Å². The fourth-order valence-corrected chi connectivity index (χ4v) is 4.22. The molecule has 1 amide bonds. The number of carbonyl (C=O) groups is 1. The molecule has 0 atom stereocenters. The number of rotatable bonds is 7. The highest BCUT2D eigenvalue weighted by Crippen LogP contribution is 2.20. The summed E-state index contributed by atoms with van der Waals surface area (Å²) in [5, 5.41) is 3.27. The van der Waals surface area contributed by atoms with Crippen molar-refractivity contribution >= 4 is 16.8 Å². The summed E-state index contributed by atoms with van der Waals surface area (Å²) < 4.78 is 8.11. The number of methoxy groups -OCH3 is 1. The van der Waals surface area contributed by atoms with Crippen molar-refractivity contribution < 1.29 is 9.53 Å². The SMILES string of the molecule is COc1ccccc1-n1c(=O)c2ccccc2n(Cc2ccc(C(=O)NCc3ccccn3)cc2)c1=O. The summed E-state index contributed by atoms with van der Waals surface area (Å²) in [5.74, 6) is 0.203. The largest absolute Gasteiger partial charge is 0.495 e. The summed E-state index contributed by atoms with van der Waals surface area (Å²) >= 11 is 0. The average Bonchev–Trinajstić information content (AvgIpc) is 2.95. The maximum atomic E-state index is 13.7. The topological polar surface area (TPSA) is 95.2 Å². The second-order valence-corrected chi connectivity index (χ2v) is 8.40. The van der Waals surface area contributed by atoms with Crippen LogP contribution >= 0.6 is 0 Å². The number of nitrogens with zero attached hydrogens (tertiary/aromatic N) is 3. The molecule has 3 aromatic carbocycles. The first-order chi connectivity index (χ1) is 18.1. The van der Waals surface area contributed by atoms with E-state index in [1.54, 1.807) is 83.6 Å². The molecule has 2 heterocycles. The van der Waals surface area contributed by atoms with Gasteiger partial charge in [-0.3, -0.25) is 19.1 Å². The zero-order chi connectivity index (χ0) is 25.8. The van der Waals surface area contributed by atoms with Crippen LogP contribution in [-0.2, 0) is 13.1 Å². The number of para-hydroxylation sites is 3. The average molecular weight is 493 g/mol. The van der Waals surface area contributed by atoms with E-state index in [9.17, 15) is 14.4 Å². The third-order valence-electron chi connectivity index (χ3n) is 6.09. The molecular weight excluding hydrogens is 468 g/mol. The van der Waals surface area contributed by atoms with Crippen LogP contribution in [0.4, 0.5) is 0 Å². The maximum Gasteiger partial charge on any atom is 0.336 e. The van der Waals surface area contributed by atoms with Crippen molar-refractivity contribution in [2.75, 3.05) is 7.11 Å². The van der Waals surface area contributed by atoms with Crippen molar-refractivity contribution in [3.63, 3.8) is 0 Å². The van der Waals surface area contributed by atoms with Crippen LogP contribution in [0, 0.1) is 0 Å². The van der Waals surface area contributed by atoms with Crippen molar-refractivity contribution in [2.24, 2.45) is 0 Å². The van der Waals surface area contributed by atoms with E-state index in [0.717, 1.165) is 15.8 Å². The predicted molar refractivity (Wildman–Crippen MR) is 141 cm³/mol. The van der Waals surface area contributed by atoms with Crippen LogP contribution in [-0.4, -0.2) is 27.1 Å². The molecule has 0 aliphatic heterocycles. The van der Waals surface area contributed by atoms with Gasteiger partial charge < -0.3 is 10.1 Å². The lowest BCUT2D eigenvalue weighted by molar-refractivity contribution is 0.0950. The zero-order valence-electron chi connectivity index (χ0n) is 20.1. The third-order valence-corrected chi connectivity index (χ3v) is 6.09. The minimum atomic E-state index is -0.481. The summed E-state index contributed by atoms with van der Waals surface area (Å²) in [4.78, 5) is 43.8. The van der Waals surface area contributed by atoms with E-state index in [1.807, 2.05) is 18.2 Å². The first-order valence-electron chi connectivity index (χ1n) is 11.7. The van der Waals surface area contributed by atoms with Gasteiger partial charge in [-0.15, -0.1) is 0 Å². The molecule has 0 unspecified atom stereocenters. The number of ether oxygens (including phenoxy) is 1. The van der Waals surface area contributed by atoms with Gasteiger partial charge in [-0.25, -0.2) is 9.36 Å². The number of carbonyl (C=O) groups excluding carboxylic acids is 1. The lowest BCUT2D eigenvalue weighted by Gasteiger charge is -2.16. The van der Waals surface area contributed by atoms with Crippen molar-refractivity contribution in [1.82, 2.24) is 19.4 Å². The second-order valence-electron chi connectivity index (χ2n) is 8.40. The lowest BCUT2D eigenvalue weighted by atomic mass is 10.1. The molecule has 2 aromatic heterocycles. The van der Waals surface area contributed by atoms with Crippen molar-refractivity contribution in [1.29, 1.82) is 0 Å². The zero-order valence-corrected chi connectivity index (χ0v) is 20.1. The Bertz CT molecular complexity index is 1690. The number of fused-ring (bicyclic) bond motifs is 1. The van der Waals surface area contributed by atoms with Crippen molar-refractivity contribution in [3.05, 3.63) is 135 Å². The van der Waals surface area contributed by atoms with Gasteiger partial charge in [0.15, 0.2) is 0 Å². The number of amides is 1. The molecule has 8 nitrogen and oxygen atoms in total. The van der Waals surface area contributed by atoms with Crippen LogP contribution in [0.3, 0.4) is 0 Å². The van der Waals surface area contributed by atoms with Gasteiger partial charge in [0.25, 0.3) is 11.5 Å². The first-order valence-corrected chi connectivity index (χ1v) is 11.7. The van der Waals surface area contributed by atoms with Gasteiger partial charge in [0.2, 0.25) is 0 Å². The standard InChI is InChI=1S/C29H24N4O4/c1-37-26-12-5-4-11-25(26)33-28(35)23-9-2-3-10-24(23)32(29(33)36)19-20-13-15-21(16-14-20)27(34)31-18-22-8-6-7-17-30-22/h2-17H,18-19H2,1H3,(H,31,34). The monoisotopic (exact) mass is 492 g/mol. The molecule has 8 heteroatoms. The summed E-state index contributed by atoms with van der Waals surface area (Å²) in [6.07, 6.45) is 1.68. The summed E-state index contributed by atoms with van der Waals surface area (Å²) in [7, 11) is 1.50. The molecule has 37 heavy (non-hydrogen) atoms. The predicted octanol–water partition coefficient (Wildman–Crippen LogP) is 3.53. The van der Waals surface area contributed by atoms with Crippen LogP contribution in [0.5, 0.6) is 5.75 Å². The van der Waals surface area contributed by atoms with E-state index < -0.39 is 11.2 Å². The van der Waals surface area contributed by atoms with Crippen LogP contribution in [0.15, 0.2) is 107 Å². The van der Waals surface area contributed by atoms with Crippen molar-refractivity contribution in [2.45, 2.75) is 13.1 Å². The molecule has 0 aliphatic carbocycles. The Hall–Kier alpha value is -4.98. The van der Waals surface area contributed by atoms with E-state index in [2.05, 4.69) is 10.3 Å². The Morgan fingerprint density at radius 1 is 0.892 bits per heavy atom. The Balaban J connectivity index is 1.48. The normalized spacial score (nSPS) is 10.8. The number of nitrogens with one attached hydrogen (secondary N) is 1. The van der Waals surface area contributed by atoms with Gasteiger partial charge in [0.1, 0.15) is 5.75 Å². The van der Waals surface area contributed by atoms with Gasteiger partial charge >= 0.3 is 5.69 Å². The van der Waals surface area contributed by atoms with Gasteiger partial charge in [0.05, 0.1) is 42.5 Å². The number of pyridine rings is 1. The Labute approximate surface area is 212 Å². The fraction of sp³-hybridized carbons (Fsp3) is 0.103. The Morgan fingerprint density at radius 3 is 2.38 bits per heavy atom. The minimum Gasteiger partial charge on any atom is -0.495 e. The van der Waals surface area contributed by atoms with Gasteiger partial charge in [-0.05, 0) is 54.1 Å². The van der Waals surface area contributed by atoms with Crippen LogP contribution in [0.1, 0.15) is 21.6 Å². The smallest absolute Gasteiger partial charge is 0.336 e. The highest BCUT2D eigenvalue weighted by atomic mass is 16.5. The lowest BCUT2D eigenvalue weighted by Crippen LogP contribution is -2.39. The molecule has 0 bridgehead atoms. The molecule has 184 valence electrons. The molecule has 0 spiro atoms. The number of hydrogen-bond acceptors (Lipinski definition) is 5. The van der Waals surface area contributed by atoms with E-state index in [4.69, 9.17) is 4.74 Å². The Kier molecular flexibility index (Phi) is 6.63. The molecule has 5 aromatic rings. The van der Waals surface area contributed by atoms with Gasteiger partial charge in [0, 0.05) is 11.8 Å². The van der Waals surface area contributed by atoms with Gasteiger partial charge in [-0.1, -0.05) is 42.5 Å². The molecule has 1 N–H and O–H groups in total. The van der Waals surface area contributed by atoms with E-state index in [-0.39, 0.29) is 12.5 Å². The highest BCUT2D eigenvalue weighted by molar-refractivity contribution is 5.94. The van der Waals surface area contributed by atoms with Crippen molar-refractivity contribution in [3.8, 4) is 11.4 Å². The molecule has 0 saturated carbocycles. The van der Waals surface area contributed by atoms with Crippen LogP contribution < -0.4 is 21.3 Å². The second kappa shape index (κ2) is 10.3. The molecule has 5 rings (SSSR count). The number of aromatic nitrogens is 3. The first kappa shape index (κ1) is 23.7. The number of hydrogen-bond donors (Lipinski definition) is 1. The molecular formula is C29H24N4O4. The minimum absolute atomic E-state index is 0.213. The van der Waals surface area contributed by atoms with Gasteiger partial charge in [-0.2, -0.15) is 0 Å². The number of benzene rings is 3. The van der Waals surface area contributed by atoms with Crippen LogP contribution in [0.25, 0.3) is 16.6 Å². The summed E-state index contributed by atoms with van der Waals surface area (Å²) in [6, 6.07) is 26.5. The highest BCUT2D eigenvalue weighted by Gasteiger charge is 2.17. The maximum absolute atomic E-state index is 13.7. The molecule has 0 saturated heterocycles. The van der Waals surface area contributed by atoms with E-state index in [1.165, 1.54) is 7.11 Å². The Morgan fingerprint density at radius 2 is 1.62 bits per heavy atom. The quantitative estimate of drug-likeness (QED) is 0.375.